The topological polar surface area (TPSA) is 327 Å². The number of amides is 10. The van der Waals surface area contributed by atoms with E-state index in [-0.39, 0.29) is 95.3 Å². The molecule has 29 heteroatoms. The van der Waals surface area contributed by atoms with Gasteiger partial charge in [0.1, 0.15) is 30.2 Å². The second kappa shape index (κ2) is 26.8. The normalized spacial score (nSPS) is 21.2. The van der Waals surface area contributed by atoms with E-state index >= 15 is 0 Å². The van der Waals surface area contributed by atoms with Crippen molar-refractivity contribution in [1.29, 1.82) is 0 Å². The maximum Gasteiger partial charge on any atom is 0.399 e. The summed E-state index contributed by atoms with van der Waals surface area (Å²) in [4.78, 5) is 160. The minimum absolute atomic E-state index is 0.0145. The second-order valence-electron chi connectivity index (χ2n) is 24.3. The molecule has 4 saturated heterocycles. The molecule has 89 heavy (non-hydrogen) atoms. The summed E-state index contributed by atoms with van der Waals surface area (Å²) in [5.41, 5.74) is 2.21. The van der Waals surface area contributed by atoms with Crippen LogP contribution in [-0.2, 0) is 55.6 Å². The van der Waals surface area contributed by atoms with Gasteiger partial charge in [-0.25, -0.2) is 8.78 Å². The largest absolute Gasteiger partial charge is 0.399 e. The lowest BCUT2D eigenvalue weighted by atomic mass is 9.86. The molecule has 0 bridgehead atoms. The summed E-state index contributed by atoms with van der Waals surface area (Å²) in [6, 6.07) is 8.99. The third kappa shape index (κ3) is 14.8. The summed E-state index contributed by atoms with van der Waals surface area (Å²) in [5, 5.41) is 13.6. The van der Waals surface area contributed by atoms with E-state index in [4.69, 9.17) is 5.73 Å². The molecule has 5 aliphatic heterocycles. The van der Waals surface area contributed by atoms with Crippen molar-refractivity contribution in [2.24, 2.45) is 11.7 Å². The third-order valence-corrected chi connectivity index (χ3v) is 19.3. The van der Waals surface area contributed by atoms with Crippen LogP contribution < -0.4 is 32.3 Å². The third-order valence-electron chi connectivity index (χ3n) is 17.2. The van der Waals surface area contributed by atoms with Crippen LogP contribution in [0.15, 0.2) is 66.7 Å². The van der Waals surface area contributed by atoms with Gasteiger partial charge in [0.05, 0.1) is 22.5 Å². The standard InChI is InChI=1S/C60H71F4N10O13PS/c1-59(2,3)35-9-7-33(8-10-35)27-41(56(82)72-25-20-32(21-26-72)19-23-66-39-6-4-5-38-50(39)58(84)74(55(38)81)44-15-18-49(76)70-53(44)79)68-51(77)40(13-17-48(65)75)67-52(78)43-14-12-37-22-24-71(31-47(61)62)30-42(57(83)73(37)43)69-54(80)46-29-34-28-36(11-16-45(34)89-46)60(63,64)88(85,86)87/h4-11,16,28-29,32,37,40-44,47,66H,12-15,17-27,30-31H2,1-3H3,(H2,65,75)(H,67,78)(H,68,77)(H,69,80)(H,70,76,79)(H2,85,86,87)/t37-,40+,41+,42+,43+,44?/m1/s1. The number of halogens is 4. The number of thiophene rings is 1. The van der Waals surface area contributed by atoms with Crippen LogP contribution in [0, 0.1) is 5.92 Å². The minimum atomic E-state index is -5.94. The predicted molar refractivity (Wildman–Crippen MR) is 316 cm³/mol. The van der Waals surface area contributed by atoms with Gasteiger partial charge in [-0.2, -0.15) is 8.78 Å². The highest BCUT2D eigenvalue weighted by atomic mass is 32.1. The number of fused-ring (bicyclic) bond motifs is 3. The van der Waals surface area contributed by atoms with Gasteiger partial charge in [0.2, 0.25) is 41.4 Å². The molecule has 10 amide bonds. The van der Waals surface area contributed by atoms with E-state index in [0.717, 1.165) is 40.0 Å². The number of rotatable bonds is 21. The van der Waals surface area contributed by atoms with Gasteiger partial charge in [0, 0.05) is 74.0 Å². The number of primary amides is 1. The first-order valence-corrected chi connectivity index (χ1v) is 31.9. The molecule has 5 aliphatic rings. The van der Waals surface area contributed by atoms with Crippen molar-refractivity contribution < 1.29 is 79.9 Å². The van der Waals surface area contributed by atoms with Crippen molar-refractivity contribution in [3.63, 3.8) is 0 Å². The van der Waals surface area contributed by atoms with E-state index in [9.17, 15) is 79.9 Å². The van der Waals surface area contributed by atoms with Crippen molar-refractivity contribution >= 4 is 93.8 Å². The van der Waals surface area contributed by atoms with Crippen LogP contribution in [0.4, 0.5) is 23.2 Å². The lowest BCUT2D eigenvalue weighted by Crippen LogP contribution is -2.62. The number of hydrogen-bond acceptors (Lipinski definition) is 14. The Balaban J connectivity index is 0.879. The zero-order valence-corrected chi connectivity index (χ0v) is 50.8. The monoisotopic (exact) mass is 1280 g/mol. The minimum Gasteiger partial charge on any atom is -0.384 e. The molecule has 23 nitrogen and oxygen atoms in total. The number of likely N-dealkylation sites (tertiary alicyclic amines) is 1. The number of nitrogens with zero attached hydrogens (tertiary/aromatic N) is 4. The highest BCUT2D eigenvalue weighted by Crippen LogP contribution is 2.59. The number of hydrogen-bond donors (Lipinski definition) is 8. The Morgan fingerprint density at radius 3 is 2.21 bits per heavy atom. The van der Waals surface area contributed by atoms with Crippen LogP contribution in [-0.4, -0.2) is 170 Å². The average Bonchev–Trinajstić information content (AvgIpc) is 1.72. The summed E-state index contributed by atoms with van der Waals surface area (Å²) in [7, 11) is -5.94. The summed E-state index contributed by atoms with van der Waals surface area (Å²) in [6.45, 7) is 5.96. The molecule has 0 saturated carbocycles. The molecule has 478 valence electrons. The molecule has 0 radical (unpaired) electrons. The van der Waals surface area contributed by atoms with Gasteiger partial charge >= 0.3 is 13.3 Å². The van der Waals surface area contributed by atoms with Crippen LogP contribution in [0.25, 0.3) is 10.1 Å². The predicted octanol–water partition coefficient (Wildman–Crippen LogP) is 4.47. The molecule has 0 aliphatic carbocycles. The van der Waals surface area contributed by atoms with Crippen molar-refractivity contribution in [3.05, 3.63) is 99.4 Å². The van der Waals surface area contributed by atoms with Gasteiger partial charge in [0.15, 0.2) is 0 Å². The fourth-order valence-electron chi connectivity index (χ4n) is 12.3. The Morgan fingerprint density at radius 1 is 0.843 bits per heavy atom. The molecule has 4 aromatic rings. The van der Waals surface area contributed by atoms with Crippen molar-refractivity contribution in [1.82, 2.24) is 40.9 Å². The molecule has 4 fully saturated rings. The van der Waals surface area contributed by atoms with Crippen molar-refractivity contribution in [2.75, 3.05) is 44.6 Å². The zero-order valence-electron chi connectivity index (χ0n) is 49.1. The summed E-state index contributed by atoms with van der Waals surface area (Å²) in [5.74, 6) is -6.98. The number of carbonyl (C=O) groups excluding carboxylic acids is 10. The zero-order chi connectivity index (χ0) is 64.4. The van der Waals surface area contributed by atoms with E-state index < -0.39 is 134 Å². The van der Waals surface area contributed by atoms with Crippen molar-refractivity contribution in [3.8, 4) is 0 Å². The van der Waals surface area contributed by atoms with Crippen LogP contribution in [0.2, 0.25) is 0 Å². The number of piperidine rings is 2. The quantitative estimate of drug-likeness (QED) is 0.0324. The first-order chi connectivity index (χ1) is 42.0. The molecule has 3 aromatic carbocycles. The van der Waals surface area contributed by atoms with Gasteiger partial charge in [-0.3, -0.25) is 67.6 Å². The lowest BCUT2D eigenvalue weighted by Gasteiger charge is -2.39. The van der Waals surface area contributed by atoms with Crippen LogP contribution in [0.5, 0.6) is 0 Å². The van der Waals surface area contributed by atoms with Crippen LogP contribution >= 0.6 is 18.9 Å². The van der Waals surface area contributed by atoms with Gasteiger partial charge in [-0.05, 0) is 110 Å². The Bertz CT molecular complexity index is 3500. The van der Waals surface area contributed by atoms with E-state index in [1.807, 2.05) is 45.0 Å². The molecule has 9 rings (SSSR count). The average molecular weight is 1280 g/mol. The van der Waals surface area contributed by atoms with E-state index in [1.54, 1.807) is 17.0 Å². The number of anilines is 1. The van der Waals surface area contributed by atoms with Gasteiger partial charge in [-0.1, -0.05) is 57.2 Å². The molecule has 1 unspecified atom stereocenters. The molecule has 0 spiro atoms. The number of nitrogens with one attached hydrogen (secondary N) is 5. The lowest BCUT2D eigenvalue weighted by molar-refractivity contribution is -0.144. The van der Waals surface area contributed by atoms with E-state index in [0.29, 0.717) is 50.1 Å². The number of imide groups is 2. The van der Waals surface area contributed by atoms with Crippen LogP contribution in [0.3, 0.4) is 0 Å². The Morgan fingerprint density at radius 2 is 1.55 bits per heavy atom. The SMILES string of the molecule is CC(C)(C)c1ccc(C[C@H](NC(=O)[C@H](CCC(N)=O)NC(=O)[C@@H]2CC[C@@H]3CCN(CC(F)F)C[C@H](NC(=O)c4cc5cc(C(F)(F)P(=O)(O)O)ccc5s4)C(=O)N32)C(=O)N2CCC(CCNc3cccc4c3C(=O)N(C3CCC(=O)NC3=O)C4=O)CC2)cc1. The molecule has 9 N–H and O–H groups in total. The van der Waals surface area contributed by atoms with Gasteiger partial charge in [0.25, 0.3) is 24.1 Å². The van der Waals surface area contributed by atoms with Gasteiger partial charge < -0.3 is 46.6 Å². The van der Waals surface area contributed by atoms with Crippen molar-refractivity contribution in [2.45, 2.75) is 145 Å². The second-order valence-corrected chi connectivity index (χ2v) is 27.1. The highest BCUT2D eigenvalue weighted by Gasteiger charge is 2.51. The van der Waals surface area contributed by atoms with E-state index in [1.165, 1.54) is 21.9 Å². The molecule has 6 heterocycles. The fourth-order valence-corrected chi connectivity index (χ4v) is 13.7. The first kappa shape index (κ1) is 65.8. The Hall–Kier alpha value is -7.65. The molecular weight excluding hydrogens is 1210 g/mol. The highest BCUT2D eigenvalue weighted by molar-refractivity contribution is 7.52. The number of nitrogens with two attached hydrogens (primary N) is 1. The molecule has 1 aromatic heterocycles. The summed E-state index contributed by atoms with van der Waals surface area (Å²) >= 11 is 0.807. The van der Waals surface area contributed by atoms with E-state index in [2.05, 4.69) is 26.6 Å². The Labute approximate surface area is 513 Å². The number of benzene rings is 3. The number of carbonyl (C=O) groups is 10. The molecular formula is C60H71F4N10O13PS. The fraction of sp³-hybridized carbons (Fsp3) is 0.500. The van der Waals surface area contributed by atoms with Crippen LogP contribution in [0.1, 0.15) is 132 Å². The maximum absolute atomic E-state index is 14.8. The maximum atomic E-state index is 14.8. The Kier molecular flexibility index (Phi) is 19.8. The smallest absolute Gasteiger partial charge is 0.384 e. The molecule has 6 atom stereocenters. The summed E-state index contributed by atoms with van der Waals surface area (Å²) < 4.78 is 69.0. The first-order valence-electron chi connectivity index (χ1n) is 29.5. The summed E-state index contributed by atoms with van der Waals surface area (Å²) in [6.07, 6.45) is -1.38. The number of alkyl halides is 4. The van der Waals surface area contributed by atoms with Gasteiger partial charge in [-0.15, -0.1) is 11.3 Å².